The fourth-order valence-electron chi connectivity index (χ4n) is 3.05. The van der Waals surface area contributed by atoms with Crippen molar-refractivity contribution in [3.8, 4) is 17.5 Å². The minimum absolute atomic E-state index is 0.0901. The van der Waals surface area contributed by atoms with Crippen molar-refractivity contribution < 1.29 is 4.79 Å². The van der Waals surface area contributed by atoms with Crippen molar-refractivity contribution in [2.45, 2.75) is 30.3 Å². The van der Waals surface area contributed by atoms with E-state index in [0.717, 1.165) is 11.3 Å². The molecule has 0 saturated carbocycles. The first-order valence-electron chi connectivity index (χ1n) is 9.75. The fourth-order valence-corrected chi connectivity index (χ4v) is 4.09. The number of para-hydroxylation sites is 1. The SMILES string of the molecule is C=CCn1c(SC(C)C(=O)N(CCC#N)c2ccccc2)nnc1-c1ccc(Cl)cc1. The number of allylic oxidation sites excluding steroid dienone is 1. The standard InChI is InChI=1S/C23H22ClN5OS/c1-3-15-29-21(18-10-12-19(24)13-11-18)26-27-23(29)31-17(2)22(30)28(16-7-14-25)20-8-5-4-6-9-20/h3-6,8-13,17H,1,7,15-16H2,2H3. The van der Waals surface area contributed by atoms with Crippen molar-refractivity contribution in [3.63, 3.8) is 0 Å². The van der Waals surface area contributed by atoms with E-state index in [1.807, 2.05) is 54.0 Å². The number of benzene rings is 2. The normalized spacial score (nSPS) is 11.5. The Morgan fingerprint density at radius 2 is 1.97 bits per heavy atom. The van der Waals surface area contributed by atoms with Crippen LogP contribution >= 0.6 is 23.4 Å². The summed E-state index contributed by atoms with van der Waals surface area (Å²) < 4.78 is 1.92. The number of amides is 1. The predicted molar refractivity (Wildman–Crippen MR) is 125 cm³/mol. The van der Waals surface area contributed by atoms with Gasteiger partial charge in [-0.2, -0.15) is 5.26 Å². The summed E-state index contributed by atoms with van der Waals surface area (Å²) in [6.07, 6.45) is 2.02. The maximum atomic E-state index is 13.2. The smallest absolute Gasteiger partial charge is 0.240 e. The van der Waals surface area contributed by atoms with Gasteiger partial charge in [-0.1, -0.05) is 47.6 Å². The number of carbonyl (C=O) groups excluding carboxylic acids is 1. The molecule has 0 N–H and O–H groups in total. The van der Waals surface area contributed by atoms with E-state index in [0.29, 0.717) is 29.1 Å². The first-order valence-corrected chi connectivity index (χ1v) is 11.0. The molecular formula is C23H22ClN5OS. The van der Waals surface area contributed by atoms with Gasteiger partial charge in [-0.25, -0.2) is 0 Å². The number of thioether (sulfide) groups is 1. The van der Waals surface area contributed by atoms with E-state index >= 15 is 0 Å². The van der Waals surface area contributed by atoms with Gasteiger partial charge in [-0.15, -0.1) is 16.8 Å². The predicted octanol–water partition coefficient (Wildman–Crippen LogP) is 5.21. The topological polar surface area (TPSA) is 74.8 Å². The molecule has 0 bridgehead atoms. The number of hydrogen-bond donors (Lipinski definition) is 0. The quantitative estimate of drug-likeness (QED) is 0.329. The Kier molecular flexibility index (Phi) is 7.88. The van der Waals surface area contributed by atoms with Crippen LogP contribution in [0.1, 0.15) is 13.3 Å². The fraction of sp³-hybridized carbons (Fsp3) is 0.217. The van der Waals surface area contributed by atoms with Crippen LogP contribution in [0.15, 0.2) is 72.4 Å². The van der Waals surface area contributed by atoms with Crippen molar-refractivity contribution in [1.29, 1.82) is 5.26 Å². The van der Waals surface area contributed by atoms with E-state index in [2.05, 4.69) is 22.8 Å². The molecule has 1 aromatic heterocycles. The molecule has 1 atom stereocenters. The summed E-state index contributed by atoms with van der Waals surface area (Å²) in [4.78, 5) is 14.9. The highest BCUT2D eigenvalue weighted by atomic mass is 35.5. The van der Waals surface area contributed by atoms with E-state index < -0.39 is 5.25 Å². The Labute approximate surface area is 191 Å². The third kappa shape index (κ3) is 5.54. The lowest BCUT2D eigenvalue weighted by molar-refractivity contribution is -0.117. The van der Waals surface area contributed by atoms with Crippen LogP contribution < -0.4 is 4.90 Å². The van der Waals surface area contributed by atoms with Crippen molar-refractivity contribution >= 4 is 35.0 Å². The van der Waals surface area contributed by atoms with Crippen molar-refractivity contribution in [2.75, 3.05) is 11.4 Å². The van der Waals surface area contributed by atoms with Gasteiger partial charge in [-0.05, 0) is 43.3 Å². The molecule has 2 aromatic carbocycles. The summed E-state index contributed by atoms with van der Waals surface area (Å²) in [6, 6.07) is 18.9. The van der Waals surface area contributed by atoms with Crippen LogP contribution in [0.5, 0.6) is 0 Å². The van der Waals surface area contributed by atoms with Gasteiger partial charge in [0.05, 0.1) is 17.7 Å². The summed E-state index contributed by atoms with van der Waals surface area (Å²) in [5, 5.41) is 18.5. The molecule has 1 heterocycles. The van der Waals surface area contributed by atoms with Crippen molar-refractivity contribution in [2.24, 2.45) is 0 Å². The van der Waals surface area contributed by atoms with E-state index in [9.17, 15) is 4.79 Å². The molecule has 1 amide bonds. The van der Waals surface area contributed by atoms with Crippen LogP contribution in [0, 0.1) is 11.3 Å². The number of aromatic nitrogens is 3. The number of hydrogen-bond acceptors (Lipinski definition) is 5. The Morgan fingerprint density at radius 1 is 1.26 bits per heavy atom. The summed E-state index contributed by atoms with van der Waals surface area (Å²) in [5.74, 6) is 0.593. The van der Waals surface area contributed by atoms with Gasteiger partial charge >= 0.3 is 0 Å². The van der Waals surface area contributed by atoms with Crippen LogP contribution in [-0.2, 0) is 11.3 Å². The summed E-state index contributed by atoms with van der Waals surface area (Å²) in [6.45, 7) is 6.50. The molecule has 158 valence electrons. The monoisotopic (exact) mass is 451 g/mol. The second-order valence-electron chi connectivity index (χ2n) is 6.71. The second kappa shape index (κ2) is 10.8. The van der Waals surface area contributed by atoms with Gasteiger partial charge in [0.15, 0.2) is 11.0 Å². The molecule has 0 aliphatic heterocycles. The Morgan fingerprint density at radius 3 is 2.61 bits per heavy atom. The molecular weight excluding hydrogens is 430 g/mol. The minimum Gasteiger partial charge on any atom is -0.310 e. The molecule has 3 aromatic rings. The zero-order chi connectivity index (χ0) is 22.2. The number of rotatable bonds is 9. The van der Waals surface area contributed by atoms with Crippen LogP contribution in [0.2, 0.25) is 5.02 Å². The summed E-state index contributed by atoms with van der Waals surface area (Å²) in [7, 11) is 0. The molecule has 0 saturated heterocycles. The molecule has 0 spiro atoms. The Hall–Kier alpha value is -3.08. The number of nitrogens with zero attached hydrogens (tertiary/aromatic N) is 5. The summed E-state index contributed by atoms with van der Waals surface area (Å²) in [5.41, 5.74) is 1.65. The van der Waals surface area contributed by atoms with Crippen LogP contribution in [0.4, 0.5) is 5.69 Å². The highest BCUT2D eigenvalue weighted by Crippen LogP contribution is 2.29. The lowest BCUT2D eigenvalue weighted by atomic mass is 10.2. The molecule has 0 fully saturated rings. The summed E-state index contributed by atoms with van der Waals surface area (Å²) >= 11 is 7.33. The van der Waals surface area contributed by atoms with Gasteiger partial charge in [0.1, 0.15) is 0 Å². The lowest BCUT2D eigenvalue weighted by Gasteiger charge is -2.24. The number of halogens is 1. The van der Waals surface area contributed by atoms with E-state index in [-0.39, 0.29) is 12.3 Å². The highest BCUT2D eigenvalue weighted by Gasteiger charge is 2.25. The first-order chi connectivity index (χ1) is 15.0. The van der Waals surface area contributed by atoms with Gasteiger partial charge in [0.2, 0.25) is 5.91 Å². The Bertz CT molecular complexity index is 1080. The maximum absolute atomic E-state index is 13.2. The molecule has 0 aliphatic carbocycles. The number of carbonyl (C=O) groups is 1. The molecule has 8 heteroatoms. The van der Waals surface area contributed by atoms with E-state index in [1.165, 1.54) is 11.8 Å². The molecule has 3 rings (SSSR count). The molecule has 1 unspecified atom stereocenters. The zero-order valence-corrected chi connectivity index (χ0v) is 18.7. The van der Waals surface area contributed by atoms with Crippen molar-refractivity contribution in [1.82, 2.24) is 14.8 Å². The van der Waals surface area contributed by atoms with Gasteiger partial charge in [0, 0.05) is 29.4 Å². The van der Waals surface area contributed by atoms with Crippen molar-refractivity contribution in [3.05, 3.63) is 72.3 Å². The third-order valence-corrected chi connectivity index (χ3v) is 5.86. The second-order valence-corrected chi connectivity index (χ2v) is 8.45. The van der Waals surface area contributed by atoms with Crippen LogP contribution in [-0.4, -0.2) is 32.5 Å². The third-order valence-electron chi connectivity index (χ3n) is 4.54. The maximum Gasteiger partial charge on any atom is 0.240 e. The van der Waals surface area contributed by atoms with E-state index in [4.69, 9.17) is 16.9 Å². The van der Waals surface area contributed by atoms with Crippen LogP contribution in [0.3, 0.4) is 0 Å². The van der Waals surface area contributed by atoms with Gasteiger partial charge < -0.3 is 4.90 Å². The zero-order valence-electron chi connectivity index (χ0n) is 17.1. The number of anilines is 1. The van der Waals surface area contributed by atoms with Gasteiger partial charge in [0.25, 0.3) is 0 Å². The largest absolute Gasteiger partial charge is 0.310 e. The average Bonchev–Trinajstić information content (AvgIpc) is 3.17. The minimum atomic E-state index is -0.426. The molecule has 0 aliphatic rings. The van der Waals surface area contributed by atoms with E-state index in [1.54, 1.807) is 23.1 Å². The average molecular weight is 452 g/mol. The molecule has 31 heavy (non-hydrogen) atoms. The highest BCUT2D eigenvalue weighted by molar-refractivity contribution is 8.00. The number of nitriles is 1. The molecule has 0 radical (unpaired) electrons. The lowest BCUT2D eigenvalue weighted by Crippen LogP contribution is -2.37. The first kappa shape index (κ1) is 22.6. The van der Waals surface area contributed by atoms with Gasteiger partial charge in [-0.3, -0.25) is 9.36 Å². The Balaban J connectivity index is 1.85. The van der Waals surface area contributed by atoms with Crippen LogP contribution in [0.25, 0.3) is 11.4 Å². The molecule has 6 nitrogen and oxygen atoms in total.